The Kier molecular flexibility index (Phi) is 8.63. The standard InChI is InChI=1S/C23H21ClN4O4S/c1-3-20-27-28-23(33-20)26-22(29)16(14-25)11-15-12-18(24)21(19(13-15)30-2)32-10-9-31-17-7-5-4-6-8-17/h4-8,11-13H,3,9-10H2,1-2H3,(H,26,28,29)/b16-11-. The van der Waals surface area contributed by atoms with Gasteiger partial charge < -0.3 is 14.2 Å². The fourth-order valence-corrected chi connectivity index (χ4v) is 3.66. The van der Waals surface area contributed by atoms with Crippen LogP contribution in [0.15, 0.2) is 48.0 Å². The summed E-state index contributed by atoms with van der Waals surface area (Å²) in [5, 5.41) is 21.3. The summed E-state index contributed by atoms with van der Waals surface area (Å²) in [6.45, 7) is 2.50. The van der Waals surface area contributed by atoms with E-state index in [0.717, 1.165) is 10.8 Å². The third-order valence-corrected chi connectivity index (χ3v) is 5.52. The van der Waals surface area contributed by atoms with Crippen LogP contribution in [-0.4, -0.2) is 36.4 Å². The first-order chi connectivity index (χ1) is 16.0. The number of hydrogen-bond acceptors (Lipinski definition) is 8. The Morgan fingerprint density at radius 1 is 1.21 bits per heavy atom. The molecule has 1 heterocycles. The molecular weight excluding hydrogens is 464 g/mol. The summed E-state index contributed by atoms with van der Waals surface area (Å²) in [6.07, 6.45) is 2.12. The summed E-state index contributed by atoms with van der Waals surface area (Å²) in [5.74, 6) is 0.853. The summed E-state index contributed by atoms with van der Waals surface area (Å²) >= 11 is 7.64. The number of nitrogens with zero attached hydrogens (tertiary/aromatic N) is 3. The molecule has 33 heavy (non-hydrogen) atoms. The van der Waals surface area contributed by atoms with Crippen LogP contribution in [0.2, 0.25) is 5.02 Å². The lowest BCUT2D eigenvalue weighted by atomic mass is 10.1. The Labute approximate surface area is 200 Å². The Bertz CT molecular complexity index is 1170. The van der Waals surface area contributed by atoms with Gasteiger partial charge >= 0.3 is 0 Å². The van der Waals surface area contributed by atoms with Crippen molar-refractivity contribution < 1.29 is 19.0 Å². The Balaban J connectivity index is 1.69. The fourth-order valence-electron chi connectivity index (χ4n) is 2.71. The highest BCUT2D eigenvalue weighted by atomic mass is 35.5. The third kappa shape index (κ3) is 6.68. The molecular formula is C23H21ClN4O4S. The zero-order valence-corrected chi connectivity index (χ0v) is 19.6. The normalized spacial score (nSPS) is 10.9. The Hall–Kier alpha value is -3.61. The molecule has 2 aromatic carbocycles. The molecule has 0 saturated heterocycles. The Morgan fingerprint density at radius 2 is 1.97 bits per heavy atom. The number of aryl methyl sites for hydroxylation is 1. The summed E-state index contributed by atoms with van der Waals surface area (Å²) in [6, 6.07) is 14.5. The molecule has 3 aromatic rings. The van der Waals surface area contributed by atoms with Gasteiger partial charge in [0.25, 0.3) is 5.91 Å². The van der Waals surface area contributed by atoms with Gasteiger partial charge in [-0.3, -0.25) is 10.1 Å². The molecule has 0 atom stereocenters. The number of nitriles is 1. The van der Waals surface area contributed by atoms with E-state index in [1.807, 2.05) is 43.3 Å². The van der Waals surface area contributed by atoms with Gasteiger partial charge in [0.05, 0.1) is 12.1 Å². The molecule has 1 amide bonds. The van der Waals surface area contributed by atoms with Crippen LogP contribution < -0.4 is 19.5 Å². The summed E-state index contributed by atoms with van der Waals surface area (Å²) in [5.41, 5.74) is 0.384. The van der Waals surface area contributed by atoms with Crippen molar-refractivity contribution in [3.63, 3.8) is 0 Å². The molecule has 3 rings (SSSR count). The van der Waals surface area contributed by atoms with Crippen molar-refractivity contribution in [3.05, 3.63) is 63.6 Å². The second-order valence-electron chi connectivity index (χ2n) is 6.52. The number of benzene rings is 2. The van der Waals surface area contributed by atoms with Crippen molar-refractivity contribution in [2.45, 2.75) is 13.3 Å². The van der Waals surface area contributed by atoms with Crippen molar-refractivity contribution in [1.82, 2.24) is 10.2 Å². The quantitative estimate of drug-likeness (QED) is 0.251. The molecule has 0 aliphatic heterocycles. The maximum absolute atomic E-state index is 12.5. The summed E-state index contributed by atoms with van der Waals surface area (Å²) in [4.78, 5) is 12.5. The van der Waals surface area contributed by atoms with E-state index in [2.05, 4.69) is 15.5 Å². The second kappa shape index (κ2) is 11.9. The number of methoxy groups -OCH3 is 1. The van der Waals surface area contributed by atoms with Crippen LogP contribution in [0, 0.1) is 11.3 Å². The minimum Gasteiger partial charge on any atom is -0.493 e. The van der Waals surface area contributed by atoms with E-state index >= 15 is 0 Å². The van der Waals surface area contributed by atoms with E-state index in [1.54, 1.807) is 12.1 Å². The van der Waals surface area contributed by atoms with Crippen LogP contribution in [0.1, 0.15) is 17.5 Å². The highest BCUT2D eigenvalue weighted by Crippen LogP contribution is 2.37. The van der Waals surface area contributed by atoms with Gasteiger partial charge in [-0.2, -0.15) is 5.26 Å². The monoisotopic (exact) mass is 484 g/mol. The zero-order valence-electron chi connectivity index (χ0n) is 18.0. The van der Waals surface area contributed by atoms with Crippen LogP contribution in [-0.2, 0) is 11.2 Å². The molecule has 10 heteroatoms. The van der Waals surface area contributed by atoms with E-state index in [-0.39, 0.29) is 17.2 Å². The first-order valence-electron chi connectivity index (χ1n) is 9.97. The van der Waals surface area contributed by atoms with E-state index in [9.17, 15) is 10.1 Å². The minimum absolute atomic E-state index is 0.119. The predicted octanol–water partition coefficient (Wildman–Crippen LogP) is 4.77. The number of anilines is 1. The van der Waals surface area contributed by atoms with Gasteiger partial charge in [-0.15, -0.1) is 10.2 Å². The number of nitrogens with one attached hydrogen (secondary N) is 1. The number of ether oxygens (including phenoxy) is 3. The molecule has 0 unspecified atom stereocenters. The predicted molar refractivity (Wildman–Crippen MR) is 127 cm³/mol. The molecule has 0 saturated carbocycles. The molecule has 1 N–H and O–H groups in total. The van der Waals surface area contributed by atoms with Crippen molar-refractivity contribution in [2.75, 3.05) is 25.6 Å². The highest BCUT2D eigenvalue weighted by molar-refractivity contribution is 7.15. The number of carbonyl (C=O) groups is 1. The molecule has 0 fully saturated rings. The van der Waals surface area contributed by atoms with E-state index in [4.69, 9.17) is 25.8 Å². The summed E-state index contributed by atoms with van der Waals surface area (Å²) < 4.78 is 16.7. The number of halogens is 1. The highest BCUT2D eigenvalue weighted by Gasteiger charge is 2.15. The Morgan fingerprint density at radius 3 is 2.64 bits per heavy atom. The van der Waals surface area contributed by atoms with Crippen LogP contribution >= 0.6 is 22.9 Å². The van der Waals surface area contributed by atoms with Crippen LogP contribution in [0.25, 0.3) is 6.08 Å². The first kappa shape index (κ1) is 24.0. The van der Waals surface area contributed by atoms with Crippen molar-refractivity contribution in [1.29, 1.82) is 5.26 Å². The summed E-state index contributed by atoms with van der Waals surface area (Å²) in [7, 11) is 1.48. The number of aromatic nitrogens is 2. The van der Waals surface area contributed by atoms with Gasteiger partial charge in [0.1, 0.15) is 35.6 Å². The average molecular weight is 485 g/mol. The average Bonchev–Trinajstić information content (AvgIpc) is 3.29. The number of para-hydroxylation sites is 1. The lowest BCUT2D eigenvalue weighted by molar-refractivity contribution is -0.112. The van der Waals surface area contributed by atoms with Crippen molar-refractivity contribution in [3.8, 4) is 23.3 Å². The topological polar surface area (TPSA) is 106 Å². The number of carbonyl (C=O) groups excluding carboxylic acids is 1. The fraction of sp³-hybridized carbons (Fsp3) is 0.217. The maximum atomic E-state index is 12.5. The van der Waals surface area contributed by atoms with Crippen LogP contribution in [0.4, 0.5) is 5.13 Å². The molecule has 1 aromatic heterocycles. The number of rotatable bonds is 10. The van der Waals surface area contributed by atoms with E-state index < -0.39 is 5.91 Å². The van der Waals surface area contributed by atoms with E-state index in [0.29, 0.717) is 35.2 Å². The van der Waals surface area contributed by atoms with Gasteiger partial charge in [-0.25, -0.2) is 0 Å². The molecule has 0 spiro atoms. The molecule has 170 valence electrons. The molecule has 0 bridgehead atoms. The molecule has 8 nitrogen and oxygen atoms in total. The lowest BCUT2D eigenvalue weighted by Gasteiger charge is -2.14. The molecule has 0 aliphatic rings. The molecule has 0 radical (unpaired) electrons. The van der Waals surface area contributed by atoms with Gasteiger partial charge in [0, 0.05) is 0 Å². The smallest absolute Gasteiger partial charge is 0.268 e. The second-order valence-corrected chi connectivity index (χ2v) is 7.99. The zero-order chi connectivity index (χ0) is 23.6. The van der Waals surface area contributed by atoms with Crippen molar-refractivity contribution >= 4 is 40.1 Å². The van der Waals surface area contributed by atoms with E-state index in [1.165, 1.54) is 24.5 Å². The van der Waals surface area contributed by atoms with Gasteiger partial charge in [0.2, 0.25) is 5.13 Å². The van der Waals surface area contributed by atoms with Gasteiger partial charge in [-0.1, -0.05) is 48.1 Å². The minimum atomic E-state index is -0.593. The number of amides is 1. The third-order valence-electron chi connectivity index (χ3n) is 4.26. The largest absolute Gasteiger partial charge is 0.493 e. The van der Waals surface area contributed by atoms with Crippen LogP contribution in [0.3, 0.4) is 0 Å². The number of hydrogen-bond donors (Lipinski definition) is 1. The maximum Gasteiger partial charge on any atom is 0.268 e. The molecule has 0 aliphatic carbocycles. The first-order valence-corrected chi connectivity index (χ1v) is 11.2. The SMILES string of the molecule is CCc1nnc(NC(=O)/C(C#N)=C\c2cc(Cl)c(OCCOc3ccccc3)c(OC)c2)s1. The van der Waals surface area contributed by atoms with Crippen molar-refractivity contribution in [2.24, 2.45) is 0 Å². The lowest BCUT2D eigenvalue weighted by Crippen LogP contribution is -2.13. The van der Waals surface area contributed by atoms with Crippen LogP contribution in [0.5, 0.6) is 17.2 Å². The van der Waals surface area contributed by atoms with Gasteiger partial charge in [-0.05, 0) is 42.3 Å². The van der Waals surface area contributed by atoms with Gasteiger partial charge in [0.15, 0.2) is 11.5 Å².